The van der Waals surface area contributed by atoms with Gasteiger partial charge in [0.25, 0.3) is 0 Å². The molecular formula is C15H23ClN4O. The van der Waals surface area contributed by atoms with Crippen molar-refractivity contribution >= 4 is 23.1 Å². The van der Waals surface area contributed by atoms with Gasteiger partial charge in [-0.15, -0.1) is 0 Å². The Kier molecular flexibility index (Phi) is 4.80. The van der Waals surface area contributed by atoms with Crippen molar-refractivity contribution in [1.82, 2.24) is 9.97 Å². The van der Waals surface area contributed by atoms with E-state index in [1.807, 2.05) is 7.05 Å². The fourth-order valence-corrected chi connectivity index (χ4v) is 3.53. The van der Waals surface area contributed by atoms with Crippen LogP contribution in [-0.4, -0.2) is 42.3 Å². The van der Waals surface area contributed by atoms with Gasteiger partial charge >= 0.3 is 0 Å². The Bertz CT molecular complexity index is 471. The van der Waals surface area contributed by atoms with Crippen molar-refractivity contribution in [2.24, 2.45) is 0 Å². The highest BCUT2D eigenvalue weighted by atomic mass is 35.5. The fraction of sp³-hybridized carbons (Fsp3) is 0.733. The second kappa shape index (κ2) is 6.79. The van der Waals surface area contributed by atoms with Crippen molar-refractivity contribution in [3.8, 4) is 0 Å². The molecule has 0 unspecified atom stereocenters. The van der Waals surface area contributed by atoms with Gasteiger partial charge in [0.2, 0.25) is 0 Å². The van der Waals surface area contributed by atoms with Gasteiger partial charge in [-0.25, -0.2) is 9.97 Å². The van der Waals surface area contributed by atoms with Gasteiger partial charge in [0.15, 0.2) is 11.0 Å². The van der Waals surface area contributed by atoms with Crippen LogP contribution >= 0.6 is 11.6 Å². The molecule has 1 aromatic heterocycles. The third-order valence-electron chi connectivity index (χ3n) is 4.46. The molecule has 1 aromatic rings. The van der Waals surface area contributed by atoms with Gasteiger partial charge in [0.1, 0.15) is 12.0 Å². The molecule has 1 aliphatic heterocycles. The first-order valence-electron chi connectivity index (χ1n) is 7.86. The maximum Gasteiger partial charge on any atom is 0.157 e. The number of hydrogen-bond acceptors (Lipinski definition) is 5. The Morgan fingerprint density at radius 1 is 1.14 bits per heavy atom. The van der Waals surface area contributed by atoms with E-state index in [9.17, 15) is 0 Å². The summed E-state index contributed by atoms with van der Waals surface area (Å²) in [6.07, 6.45) is 9.69. The first kappa shape index (κ1) is 14.9. The van der Waals surface area contributed by atoms with E-state index in [-0.39, 0.29) is 0 Å². The zero-order valence-corrected chi connectivity index (χ0v) is 13.3. The summed E-state index contributed by atoms with van der Waals surface area (Å²) in [6.45, 7) is 1.92. The van der Waals surface area contributed by atoms with Crippen molar-refractivity contribution in [1.29, 1.82) is 0 Å². The molecule has 1 aliphatic carbocycles. The Hall–Kier alpha value is -1.07. The second-order valence-corrected chi connectivity index (χ2v) is 6.20. The highest BCUT2D eigenvalue weighted by Crippen LogP contribution is 2.32. The maximum atomic E-state index is 6.22. The van der Waals surface area contributed by atoms with E-state index in [1.165, 1.54) is 32.0 Å². The molecule has 2 fully saturated rings. The first-order chi connectivity index (χ1) is 10.3. The minimum absolute atomic E-state index is 0.402. The molecule has 0 amide bonds. The van der Waals surface area contributed by atoms with Crippen LogP contribution < -0.4 is 10.2 Å². The number of hydrogen-bond donors (Lipinski definition) is 1. The van der Waals surface area contributed by atoms with Gasteiger partial charge in [-0.3, -0.25) is 0 Å². The summed E-state index contributed by atoms with van der Waals surface area (Å²) in [4.78, 5) is 10.7. The Balaban J connectivity index is 1.59. The molecule has 0 aromatic carbocycles. The summed E-state index contributed by atoms with van der Waals surface area (Å²) < 4.78 is 6.22. The fourth-order valence-electron chi connectivity index (χ4n) is 3.31. The number of nitrogens with one attached hydrogen (secondary N) is 1. The zero-order valence-electron chi connectivity index (χ0n) is 12.5. The minimum Gasteiger partial charge on any atom is -0.383 e. The normalized spacial score (nSPS) is 21.0. The van der Waals surface area contributed by atoms with Crippen molar-refractivity contribution in [2.75, 3.05) is 30.4 Å². The number of nitrogens with zero attached hydrogens (tertiary/aromatic N) is 3. The van der Waals surface area contributed by atoms with Gasteiger partial charge in [0, 0.05) is 20.1 Å². The largest absolute Gasteiger partial charge is 0.383 e. The van der Waals surface area contributed by atoms with Crippen LogP contribution in [0.5, 0.6) is 0 Å². The molecule has 116 valence electrons. The highest BCUT2D eigenvalue weighted by molar-refractivity contribution is 6.32. The Labute approximate surface area is 131 Å². The van der Waals surface area contributed by atoms with E-state index in [4.69, 9.17) is 16.3 Å². The Morgan fingerprint density at radius 2 is 1.81 bits per heavy atom. The standard InChI is InChI=1S/C15H23ClN4O/c1-17-13-14(16)18-10-19-15(13)20-8-6-12(7-9-20)21-11-4-2-3-5-11/h10-12,17H,2-9H2,1H3. The monoisotopic (exact) mass is 310 g/mol. The molecule has 1 N–H and O–H groups in total. The van der Waals surface area contributed by atoms with Crippen molar-refractivity contribution in [2.45, 2.75) is 50.7 Å². The summed E-state index contributed by atoms with van der Waals surface area (Å²) in [5.41, 5.74) is 0.814. The van der Waals surface area contributed by atoms with Crippen LogP contribution in [0, 0.1) is 0 Å². The van der Waals surface area contributed by atoms with Crippen LogP contribution in [-0.2, 0) is 4.74 Å². The third kappa shape index (κ3) is 3.40. The average Bonchev–Trinajstić information content (AvgIpc) is 3.01. The number of ether oxygens (including phenoxy) is 1. The topological polar surface area (TPSA) is 50.3 Å². The molecule has 1 saturated heterocycles. The molecule has 0 spiro atoms. The summed E-state index contributed by atoms with van der Waals surface area (Å²) in [5.74, 6) is 0.900. The lowest BCUT2D eigenvalue weighted by Crippen LogP contribution is -2.39. The smallest absolute Gasteiger partial charge is 0.157 e. The van der Waals surface area contributed by atoms with Gasteiger partial charge < -0.3 is 15.0 Å². The number of anilines is 2. The molecule has 5 nitrogen and oxygen atoms in total. The predicted molar refractivity (Wildman–Crippen MR) is 85.2 cm³/mol. The van der Waals surface area contributed by atoms with Gasteiger partial charge in [-0.05, 0) is 25.7 Å². The average molecular weight is 311 g/mol. The van der Waals surface area contributed by atoms with E-state index < -0.39 is 0 Å². The van der Waals surface area contributed by atoms with E-state index in [0.29, 0.717) is 17.4 Å². The molecule has 1 saturated carbocycles. The van der Waals surface area contributed by atoms with Crippen molar-refractivity contribution in [3.05, 3.63) is 11.5 Å². The van der Waals surface area contributed by atoms with Crippen LogP contribution in [0.15, 0.2) is 6.33 Å². The van der Waals surface area contributed by atoms with Crippen molar-refractivity contribution < 1.29 is 4.74 Å². The number of rotatable bonds is 4. The summed E-state index contributed by atoms with van der Waals surface area (Å²) in [5, 5.41) is 3.58. The lowest BCUT2D eigenvalue weighted by molar-refractivity contribution is -0.0195. The van der Waals surface area contributed by atoms with Crippen LogP contribution in [0.4, 0.5) is 11.5 Å². The molecule has 2 heterocycles. The predicted octanol–water partition coefficient (Wildman–Crippen LogP) is 3.10. The minimum atomic E-state index is 0.402. The molecular weight excluding hydrogens is 288 g/mol. The van der Waals surface area contributed by atoms with Crippen molar-refractivity contribution in [3.63, 3.8) is 0 Å². The second-order valence-electron chi connectivity index (χ2n) is 5.84. The zero-order chi connectivity index (χ0) is 14.7. The lowest BCUT2D eigenvalue weighted by atomic mass is 10.1. The van der Waals surface area contributed by atoms with Crippen LogP contribution in [0.2, 0.25) is 5.15 Å². The van der Waals surface area contributed by atoms with Gasteiger partial charge in [-0.2, -0.15) is 0 Å². The van der Waals surface area contributed by atoms with Gasteiger partial charge in [-0.1, -0.05) is 24.4 Å². The van der Waals surface area contributed by atoms with Crippen LogP contribution in [0.25, 0.3) is 0 Å². The molecule has 0 bridgehead atoms. The molecule has 6 heteroatoms. The van der Waals surface area contributed by atoms with Crippen LogP contribution in [0.3, 0.4) is 0 Å². The van der Waals surface area contributed by atoms with Crippen LogP contribution in [0.1, 0.15) is 38.5 Å². The first-order valence-corrected chi connectivity index (χ1v) is 8.24. The molecule has 0 atom stereocenters. The lowest BCUT2D eigenvalue weighted by Gasteiger charge is -2.34. The highest BCUT2D eigenvalue weighted by Gasteiger charge is 2.26. The SMILES string of the molecule is CNc1c(Cl)ncnc1N1CCC(OC2CCCC2)CC1. The number of piperidine rings is 1. The number of aromatic nitrogens is 2. The summed E-state index contributed by atoms with van der Waals surface area (Å²) in [7, 11) is 1.85. The van der Waals surface area contributed by atoms with E-state index in [2.05, 4.69) is 20.2 Å². The third-order valence-corrected chi connectivity index (χ3v) is 4.75. The molecule has 2 aliphatic rings. The summed E-state index contributed by atoms with van der Waals surface area (Å²) in [6, 6.07) is 0. The molecule has 0 radical (unpaired) electrons. The number of halogens is 1. The van der Waals surface area contributed by atoms with E-state index in [0.717, 1.165) is 37.4 Å². The Morgan fingerprint density at radius 3 is 2.48 bits per heavy atom. The van der Waals surface area contributed by atoms with Gasteiger partial charge in [0.05, 0.1) is 12.2 Å². The maximum absolute atomic E-state index is 6.22. The summed E-state index contributed by atoms with van der Waals surface area (Å²) >= 11 is 6.13. The quantitative estimate of drug-likeness (QED) is 0.866. The molecule has 3 rings (SSSR count). The van der Waals surface area contributed by atoms with E-state index >= 15 is 0 Å². The van der Waals surface area contributed by atoms with E-state index in [1.54, 1.807) is 0 Å². The molecule has 21 heavy (non-hydrogen) atoms.